The van der Waals surface area contributed by atoms with Crippen LogP contribution < -0.4 is 27.4 Å². The van der Waals surface area contributed by atoms with Crippen molar-refractivity contribution in [3.63, 3.8) is 0 Å². The van der Waals surface area contributed by atoms with Crippen LogP contribution in [-0.2, 0) is 25.6 Å². The smallest absolute Gasteiger partial charge is 0.327 e. The summed E-state index contributed by atoms with van der Waals surface area (Å²) in [6.45, 7) is 0.419. The molecule has 4 atom stereocenters. The van der Waals surface area contributed by atoms with E-state index in [1.54, 1.807) is 0 Å². The molecule has 0 radical (unpaired) electrons. The maximum atomic E-state index is 13.1. The Bertz CT molecular complexity index is 815. The fraction of sp³-hybridized carbons (Fsp3) is 0.565. The van der Waals surface area contributed by atoms with Gasteiger partial charge < -0.3 is 32.5 Å². The molecule has 0 saturated heterocycles. The van der Waals surface area contributed by atoms with Crippen LogP contribution in [0.4, 0.5) is 0 Å². The van der Waals surface area contributed by atoms with Gasteiger partial charge in [-0.2, -0.15) is 24.4 Å². The summed E-state index contributed by atoms with van der Waals surface area (Å²) in [5, 5.41) is 17.0. The molecule has 10 nitrogen and oxygen atoms in total. The van der Waals surface area contributed by atoms with Crippen LogP contribution in [0.2, 0.25) is 0 Å². The highest BCUT2D eigenvalue weighted by Gasteiger charge is 2.29. The van der Waals surface area contributed by atoms with Gasteiger partial charge in [-0.1, -0.05) is 30.3 Å². The average Bonchev–Trinajstić information content (AvgIpc) is 2.84. The first-order valence-electron chi connectivity index (χ1n) is 11.5. The Morgan fingerprint density at radius 2 is 1.51 bits per heavy atom. The number of nitrogens with one attached hydrogen (secondary N) is 3. The summed E-state index contributed by atoms with van der Waals surface area (Å²) in [4.78, 5) is 49.9. The lowest BCUT2D eigenvalue weighted by Crippen LogP contribution is -2.57. The van der Waals surface area contributed by atoms with E-state index in [4.69, 9.17) is 11.5 Å². The van der Waals surface area contributed by atoms with E-state index in [2.05, 4.69) is 28.6 Å². The van der Waals surface area contributed by atoms with Crippen molar-refractivity contribution in [1.29, 1.82) is 0 Å². The fourth-order valence-electron chi connectivity index (χ4n) is 3.24. The Morgan fingerprint density at radius 1 is 0.943 bits per heavy atom. The van der Waals surface area contributed by atoms with Crippen molar-refractivity contribution < 1.29 is 24.3 Å². The Hall–Kier alpha value is -2.28. The maximum absolute atomic E-state index is 13.1. The molecule has 1 aromatic carbocycles. The van der Waals surface area contributed by atoms with Crippen molar-refractivity contribution in [1.82, 2.24) is 16.0 Å². The maximum Gasteiger partial charge on any atom is 0.327 e. The molecule has 0 spiro atoms. The molecule has 0 saturated carbocycles. The summed E-state index contributed by atoms with van der Waals surface area (Å²) < 4.78 is 0. The number of carboxylic acid groups (broad SMARTS) is 1. The number of hydrogen-bond acceptors (Lipinski definition) is 8. The van der Waals surface area contributed by atoms with E-state index in [1.807, 2.05) is 36.6 Å². The van der Waals surface area contributed by atoms with Gasteiger partial charge in [0.05, 0.1) is 6.04 Å². The molecule has 1 rings (SSSR count). The molecule has 0 bridgehead atoms. The van der Waals surface area contributed by atoms with Gasteiger partial charge in [0.2, 0.25) is 17.7 Å². The summed E-state index contributed by atoms with van der Waals surface area (Å²) in [6, 6.07) is 5.38. The summed E-state index contributed by atoms with van der Waals surface area (Å²) in [7, 11) is 0. The zero-order valence-corrected chi connectivity index (χ0v) is 21.7. The highest BCUT2D eigenvalue weighted by Crippen LogP contribution is 2.07. The Labute approximate surface area is 216 Å². The van der Waals surface area contributed by atoms with Crippen molar-refractivity contribution in [3.05, 3.63) is 35.9 Å². The molecule has 1 aromatic rings. The lowest BCUT2D eigenvalue weighted by Gasteiger charge is -2.25. The predicted octanol–water partition coefficient (Wildman–Crippen LogP) is -0.0927. The lowest BCUT2D eigenvalue weighted by molar-refractivity contribution is -0.141. The third-order valence-electron chi connectivity index (χ3n) is 5.26. The first kappa shape index (κ1) is 30.8. The Balaban J connectivity index is 2.90. The Morgan fingerprint density at radius 3 is 2.06 bits per heavy atom. The fourth-order valence-corrected chi connectivity index (χ4v) is 3.95. The molecule has 0 fully saturated rings. The van der Waals surface area contributed by atoms with E-state index >= 15 is 0 Å². The van der Waals surface area contributed by atoms with E-state index < -0.39 is 47.9 Å². The zero-order valence-electron chi connectivity index (χ0n) is 19.9. The van der Waals surface area contributed by atoms with Crippen LogP contribution in [0.25, 0.3) is 0 Å². The molecule has 0 aliphatic rings. The molecule has 0 aliphatic carbocycles. The largest absolute Gasteiger partial charge is 0.480 e. The molecule has 35 heavy (non-hydrogen) atoms. The molecular formula is C23H37N5O5S2. The first-order valence-corrected chi connectivity index (χ1v) is 13.5. The van der Waals surface area contributed by atoms with Gasteiger partial charge >= 0.3 is 5.97 Å². The van der Waals surface area contributed by atoms with E-state index in [0.717, 1.165) is 5.56 Å². The number of hydrogen-bond donors (Lipinski definition) is 7. The number of aliphatic carboxylic acids is 1. The number of carbonyl (C=O) groups is 4. The predicted molar refractivity (Wildman–Crippen MR) is 141 cm³/mol. The second-order valence-electron chi connectivity index (χ2n) is 8.07. The first-order chi connectivity index (χ1) is 16.7. The minimum atomic E-state index is -1.22. The average molecular weight is 528 g/mol. The van der Waals surface area contributed by atoms with Gasteiger partial charge in [-0.25, -0.2) is 4.79 Å². The molecule has 4 unspecified atom stereocenters. The van der Waals surface area contributed by atoms with Gasteiger partial charge in [0.1, 0.15) is 18.1 Å². The highest BCUT2D eigenvalue weighted by atomic mass is 32.2. The number of thiol groups is 1. The molecule has 0 heterocycles. The number of unbranched alkanes of at least 4 members (excludes halogenated alkanes) is 1. The number of rotatable bonds is 17. The molecule has 8 N–H and O–H groups in total. The van der Waals surface area contributed by atoms with Crippen molar-refractivity contribution in [2.45, 2.75) is 56.3 Å². The second kappa shape index (κ2) is 17.2. The van der Waals surface area contributed by atoms with Gasteiger partial charge in [-0.05, 0) is 56.2 Å². The van der Waals surface area contributed by atoms with Crippen molar-refractivity contribution in [2.75, 3.05) is 24.3 Å². The van der Waals surface area contributed by atoms with Crippen LogP contribution in [-0.4, -0.2) is 77.3 Å². The number of carboxylic acids is 1. The summed E-state index contributed by atoms with van der Waals surface area (Å²) in [6.07, 6.45) is 3.98. The van der Waals surface area contributed by atoms with E-state index in [9.17, 15) is 24.3 Å². The standard InChI is InChI=1S/C23H37N5O5S2/c1-35-12-10-18(26-20(29)16(25)13-15-7-3-2-4-8-15)22(31)27-17(9-5-6-11-24)21(30)28-19(14-34)23(32)33/h2-4,7-8,16-19,34H,5-6,9-14,24-25H2,1H3,(H,26,29)(H,27,31)(H,28,30)(H,32,33). The molecule has 0 aromatic heterocycles. The number of benzene rings is 1. The van der Waals surface area contributed by atoms with E-state index in [0.29, 0.717) is 38.0 Å². The van der Waals surface area contributed by atoms with Gasteiger partial charge in [0.25, 0.3) is 0 Å². The molecule has 0 aliphatic heterocycles. The molecular weight excluding hydrogens is 490 g/mol. The van der Waals surface area contributed by atoms with Gasteiger partial charge in [0.15, 0.2) is 0 Å². The third kappa shape index (κ3) is 11.8. The molecule has 196 valence electrons. The summed E-state index contributed by atoms with van der Waals surface area (Å²) in [5.74, 6) is -2.37. The summed E-state index contributed by atoms with van der Waals surface area (Å²) >= 11 is 5.47. The van der Waals surface area contributed by atoms with Crippen LogP contribution in [0, 0.1) is 0 Å². The number of thioether (sulfide) groups is 1. The molecule has 12 heteroatoms. The SMILES string of the molecule is CSCCC(NC(=O)C(N)Cc1ccccc1)C(=O)NC(CCCCN)C(=O)NC(CS)C(=O)O. The highest BCUT2D eigenvalue weighted by molar-refractivity contribution is 7.98. The monoisotopic (exact) mass is 527 g/mol. The van der Waals surface area contributed by atoms with Crippen LogP contribution in [0.15, 0.2) is 30.3 Å². The number of nitrogens with two attached hydrogens (primary N) is 2. The van der Waals surface area contributed by atoms with Crippen molar-refractivity contribution in [2.24, 2.45) is 11.5 Å². The topological polar surface area (TPSA) is 177 Å². The minimum Gasteiger partial charge on any atom is -0.480 e. The van der Waals surface area contributed by atoms with Crippen LogP contribution in [0.5, 0.6) is 0 Å². The Kier molecular flexibility index (Phi) is 15.1. The quantitative estimate of drug-likeness (QED) is 0.109. The number of amides is 3. The van der Waals surface area contributed by atoms with Crippen LogP contribution in [0.3, 0.4) is 0 Å². The number of carbonyl (C=O) groups excluding carboxylic acids is 3. The molecule has 3 amide bonds. The normalized spacial score (nSPS) is 14.3. The van der Waals surface area contributed by atoms with Crippen LogP contribution in [0.1, 0.15) is 31.2 Å². The zero-order chi connectivity index (χ0) is 26.2. The lowest BCUT2D eigenvalue weighted by atomic mass is 10.0. The van der Waals surface area contributed by atoms with Gasteiger partial charge in [0, 0.05) is 5.75 Å². The third-order valence-corrected chi connectivity index (χ3v) is 6.27. The van der Waals surface area contributed by atoms with E-state index in [-0.39, 0.29) is 12.2 Å². The second-order valence-corrected chi connectivity index (χ2v) is 9.42. The van der Waals surface area contributed by atoms with Crippen molar-refractivity contribution in [3.8, 4) is 0 Å². The minimum absolute atomic E-state index is 0.101. The van der Waals surface area contributed by atoms with Crippen LogP contribution >= 0.6 is 24.4 Å². The summed E-state index contributed by atoms with van der Waals surface area (Å²) in [5.41, 5.74) is 12.5. The van der Waals surface area contributed by atoms with Crippen molar-refractivity contribution >= 4 is 48.1 Å². The van der Waals surface area contributed by atoms with Gasteiger partial charge in [-0.3, -0.25) is 14.4 Å². The van der Waals surface area contributed by atoms with E-state index in [1.165, 1.54) is 11.8 Å². The van der Waals surface area contributed by atoms with Gasteiger partial charge in [-0.15, -0.1) is 0 Å².